The molecule has 2 saturated carbocycles. The van der Waals surface area contributed by atoms with Crippen LogP contribution in [0.2, 0.25) is 0 Å². The first kappa shape index (κ1) is 27.2. The summed E-state index contributed by atoms with van der Waals surface area (Å²) >= 11 is 3.80. The van der Waals surface area contributed by atoms with Gasteiger partial charge in [0.15, 0.2) is 5.17 Å². The van der Waals surface area contributed by atoms with E-state index >= 15 is 0 Å². The van der Waals surface area contributed by atoms with Gasteiger partial charge >= 0.3 is 5.97 Å². The number of carbonyl (C=O) groups is 2. The van der Waals surface area contributed by atoms with Crippen LogP contribution in [0.4, 0.5) is 0 Å². The Hall–Kier alpha value is -2.33. The maximum absolute atomic E-state index is 13.6. The summed E-state index contributed by atoms with van der Waals surface area (Å²) in [5.41, 5.74) is 2.12. The van der Waals surface area contributed by atoms with Crippen LogP contribution in [0.3, 0.4) is 0 Å². The Bertz CT molecular complexity index is 1230. The zero-order valence-corrected chi connectivity index (χ0v) is 24.4. The van der Waals surface area contributed by atoms with Gasteiger partial charge in [-0.2, -0.15) is 0 Å². The summed E-state index contributed by atoms with van der Waals surface area (Å²) in [6, 6.07) is 13.2. The van der Waals surface area contributed by atoms with E-state index in [-0.39, 0.29) is 17.5 Å². The van der Waals surface area contributed by atoms with Gasteiger partial charge in [-0.3, -0.25) is 14.7 Å². The zero-order valence-electron chi connectivity index (χ0n) is 21.4. The summed E-state index contributed by atoms with van der Waals surface area (Å²) in [5.74, 6) is -0.0923. The minimum Gasteiger partial charge on any atom is -0.488 e. The highest BCUT2D eigenvalue weighted by Gasteiger charge is 2.39. The van der Waals surface area contributed by atoms with Gasteiger partial charge in [0.05, 0.1) is 20.1 Å². The molecule has 38 heavy (non-hydrogen) atoms. The number of halogens is 1. The molecular formula is C30H33IN2O4S. The predicted octanol–water partition coefficient (Wildman–Crippen LogP) is 7.51. The number of benzene rings is 2. The van der Waals surface area contributed by atoms with Crippen molar-refractivity contribution in [3.8, 4) is 5.75 Å². The number of hydrogen-bond acceptors (Lipinski definition) is 5. The molecule has 3 aliphatic rings. The summed E-state index contributed by atoms with van der Waals surface area (Å²) in [6.07, 6.45) is 13.7. The van der Waals surface area contributed by atoms with Gasteiger partial charge < -0.3 is 9.84 Å². The summed E-state index contributed by atoms with van der Waals surface area (Å²) in [6.45, 7) is 0.349. The second kappa shape index (κ2) is 12.7. The first-order valence-corrected chi connectivity index (χ1v) is 15.4. The van der Waals surface area contributed by atoms with Gasteiger partial charge in [-0.1, -0.05) is 56.7 Å². The topological polar surface area (TPSA) is 79.2 Å². The molecule has 6 nitrogen and oxygen atoms in total. The number of hydrogen-bond donors (Lipinski definition) is 1. The molecule has 2 aromatic carbocycles. The molecule has 5 rings (SSSR count). The number of aliphatic imine (C=N–C) groups is 1. The molecule has 0 atom stereocenters. The fraction of sp³-hybridized carbons (Fsp3) is 0.433. The molecule has 200 valence electrons. The molecule has 2 aliphatic carbocycles. The van der Waals surface area contributed by atoms with Gasteiger partial charge in [0.1, 0.15) is 12.4 Å². The van der Waals surface area contributed by atoms with Gasteiger partial charge in [-0.25, -0.2) is 4.79 Å². The summed E-state index contributed by atoms with van der Waals surface area (Å²) in [5, 5.41) is 9.97. The lowest BCUT2D eigenvalue weighted by Crippen LogP contribution is -2.41. The van der Waals surface area contributed by atoms with E-state index in [2.05, 4.69) is 22.6 Å². The maximum Gasteiger partial charge on any atom is 0.335 e. The van der Waals surface area contributed by atoms with E-state index in [0.717, 1.165) is 56.2 Å². The van der Waals surface area contributed by atoms with Crippen LogP contribution < -0.4 is 4.74 Å². The van der Waals surface area contributed by atoms with Gasteiger partial charge in [0.2, 0.25) is 0 Å². The molecule has 3 fully saturated rings. The molecule has 1 heterocycles. The largest absolute Gasteiger partial charge is 0.488 e. The van der Waals surface area contributed by atoms with Crippen molar-refractivity contribution in [3.05, 3.63) is 67.6 Å². The summed E-state index contributed by atoms with van der Waals surface area (Å²) in [7, 11) is 0. The molecular weight excluding hydrogens is 611 g/mol. The fourth-order valence-corrected chi connectivity index (χ4v) is 7.19. The highest BCUT2D eigenvalue weighted by Crippen LogP contribution is 2.39. The van der Waals surface area contributed by atoms with Crippen LogP contribution >= 0.6 is 34.4 Å². The number of aromatic carboxylic acids is 1. The number of amides is 1. The third kappa shape index (κ3) is 6.62. The van der Waals surface area contributed by atoms with Crippen molar-refractivity contribution in [1.29, 1.82) is 0 Å². The Kier molecular flexibility index (Phi) is 9.09. The third-order valence-electron chi connectivity index (χ3n) is 7.49. The van der Waals surface area contributed by atoms with E-state index in [4.69, 9.17) is 14.8 Å². The molecule has 8 heteroatoms. The van der Waals surface area contributed by atoms with Crippen molar-refractivity contribution in [2.75, 3.05) is 0 Å². The molecule has 1 aliphatic heterocycles. The summed E-state index contributed by atoms with van der Waals surface area (Å²) < 4.78 is 6.95. The van der Waals surface area contributed by atoms with E-state index < -0.39 is 5.97 Å². The Balaban J connectivity index is 1.31. The average molecular weight is 645 g/mol. The van der Waals surface area contributed by atoms with Crippen molar-refractivity contribution in [2.24, 2.45) is 4.99 Å². The lowest BCUT2D eigenvalue weighted by molar-refractivity contribution is -0.124. The third-order valence-corrected chi connectivity index (χ3v) is 9.33. The Labute approximate surface area is 242 Å². The number of ether oxygens (including phenoxy) is 1. The minimum atomic E-state index is -0.940. The zero-order chi connectivity index (χ0) is 26.5. The Morgan fingerprint density at radius 2 is 1.71 bits per heavy atom. The van der Waals surface area contributed by atoms with Crippen molar-refractivity contribution >= 4 is 57.5 Å². The van der Waals surface area contributed by atoms with Gasteiger partial charge in [-0.15, -0.1) is 0 Å². The van der Waals surface area contributed by atoms with Gasteiger partial charge in [0, 0.05) is 6.04 Å². The number of carboxylic acids is 1. The fourth-order valence-electron chi connectivity index (χ4n) is 5.38. The number of rotatable bonds is 7. The molecule has 0 bridgehead atoms. The molecule has 0 unspecified atom stereocenters. The van der Waals surface area contributed by atoms with Crippen LogP contribution in [0.5, 0.6) is 5.75 Å². The second-order valence-electron chi connectivity index (χ2n) is 10.3. The highest BCUT2D eigenvalue weighted by molar-refractivity contribution is 14.1. The molecule has 0 aromatic heterocycles. The van der Waals surface area contributed by atoms with Gasteiger partial charge in [-0.05, 0) is 102 Å². The smallest absolute Gasteiger partial charge is 0.335 e. The SMILES string of the molecule is O=C(O)c1ccc(COc2ccc(/C=C3\SC(=NC4CCCCC4)N(C4CCCCC4)C3=O)cc2I)cc1. The first-order valence-electron chi connectivity index (χ1n) is 13.5. The summed E-state index contributed by atoms with van der Waals surface area (Å²) in [4.78, 5) is 32.6. The highest BCUT2D eigenvalue weighted by atomic mass is 127. The minimum absolute atomic E-state index is 0.0941. The van der Waals surface area contributed by atoms with Crippen molar-refractivity contribution in [1.82, 2.24) is 4.90 Å². The van der Waals surface area contributed by atoms with Crippen LogP contribution in [0, 0.1) is 3.57 Å². The lowest BCUT2D eigenvalue weighted by atomic mass is 9.94. The molecule has 2 aromatic rings. The maximum atomic E-state index is 13.6. The second-order valence-corrected chi connectivity index (χ2v) is 12.4. The number of carboxylic acid groups (broad SMARTS) is 1. The van der Waals surface area contributed by atoms with Crippen LogP contribution in [0.25, 0.3) is 6.08 Å². The Morgan fingerprint density at radius 3 is 2.37 bits per heavy atom. The van der Waals surface area contributed by atoms with Crippen LogP contribution in [-0.4, -0.2) is 39.1 Å². The van der Waals surface area contributed by atoms with E-state index in [0.29, 0.717) is 12.6 Å². The number of thioether (sulfide) groups is 1. The van der Waals surface area contributed by atoms with Crippen LogP contribution in [-0.2, 0) is 11.4 Å². The van der Waals surface area contributed by atoms with E-state index in [9.17, 15) is 9.59 Å². The Morgan fingerprint density at radius 1 is 1.03 bits per heavy atom. The average Bonchev–Trinajstić information content (AvgIpc) is 3.23. The van der Waals surface area contributed by atoms with E-state index in [1.54, 1.807) is 36.0 Å². The van der Waals surface area contributed by atoms with Crippen LogP contribution in [0.15, 0.2) is 52.4 Å². The lowest BCUT2D eigenvalue weighted by Gasteiger charge is -2.31. The van der Waals surface area contributed by atoms with Crippen molar-refractivity contribution < 1.29 is 19.4 Å². The molecule has 0 radical (unpaired) electrons. The number of amidine groups is 1. The monoisotopic (exact) mass is 644 g/mol. The molecule has 1 amide bonds. The van der Waals surface area contributed by atoms with E-state index in [1.165, 1.54) is 38.5 Å². The number of nitrogens with zero attached hydrogens (tertiary/aromatic N) is 2. The van der Waals surface area contributed by atoms with Crippen molar-refractivity contribution in [3.63, 3.8) is 0 Å². The quantitative estimate of drug-likeness (QED) is 0.250. The van der Waals surface area contributed by atoms with Gasteiger partial charge in [0.25, 0.3) is 5.91 Å². The molecule has 1 saturated heterocycles. The predicted molar refractivity (Wildman–Crippen MR) is 160 cm³/mol. The number of carbonyl (C=O) groups excluding carboxylic acids is 1. The van der Waals surface area contributed by atoms with Crippen molar-refractivity contribution in [2.45, 2.75) is 82.9 Å². The standard InChI is InChI=1S/C30H33IN2O4S/c31-25-17-21(13-16-26(25)37-19-20-11-14-22(15-12-20)29(35)36)18-27-28(34)33(24-9-5-2-6-10-24)30(38-27)32-23-7-3-1-4-8-23/h11-18,23-24H,1-10,19H2,(H,35,36)/b27-18-,32-30?. The first-order chi connectivity index (χ1) is 18.5. The normalized spacial score (nSPS) is 21.4. The van der Waals surface area contributed by atoms with E-state index in [1.807, 2.05) is 29.2 Å². The molecule has 0 spiro atoms. The molecule has 1 N–H and O–H groups in total. The van der Waals surface area contributed by atoms with Crippen LogP contribution in [0.1, 0.15) is 85.7 Å².